The lowest BCUT2D eigenvalue weighted by Crippen LogP contribution is -2.40. The van der Waals surface area contributed by atoms with Gasteiger partial charge in [0.15, 0.2) is 12.6 Å². The molecule has 11 heavy (non-hydrogen) atoms. The maximum Gasteiger partial charge on any atom is 0.293 e. The minimum Gasteiger partial charge on any atom is -0.466 e. The molecule has 0 aromatic rings. The second kappa shape index (κ2) is 2.60. The van der Waals surface area contributed by atoms with Crippen LogP contribution in [0.25, 0.3) is 0 Å². The molecule has 0 aromatic heterocycles. The van der Waals surface area contributed by atoms with Crippen LogP contribution in [0.2, 0.25) is 0 Å². The van der Waals surface area contributed by atoms with Crippen LogP contribution >= 0.6 is 0 Å². The lowest BCUT2D eigenvalue weighted by molar-refractivity contribution is -0.128. The predicted octanol–water partition coefficient (Wildman–Crippen LogP) is -1.11. The fraction of sp³-hybridized carbons (Fsp3) is 0.667. The molecule has 60 valence electrons. The molecule has 0 spiro atoms. The molecule has 2 aliphatic rings. The second-order valence-electron chi connectivity index (χ2n) is 2.37. The molecule has 5 heteroatoms. The van der Waals surface area contributed by atoms with Gasteiger partial charge in [-0.15, -0.1) is 0 Å². The molecule has 2 rings (SSSR count). The van der Waals surface area contributed by atoms with Crippen LogP contribution in [0.4, 0.5) is 0 Å². The average molecular weight is 156 g/mol. The highest BCUT2D eigenvalue weighted by molar-refractivity contribution is 5.91. The predicted molar refractivity (Wildman–Crippen MR) is 36.1 cm³/mol. The Morgan fingerprint density at radius 2 is 2.64 bits per heavy atom. The highest BCUT2D eigenvalue weighted by Gasteiger charge is 2.35. The molecule has 0 radical (unpaired) electrons. The zero-order chi connectivity index (χ0) is 7.68. The Labute approximate surface area is 63.4 Å². The Morgan fingerprint density at radius 1 is 1.73 bits per heavy atom. The summed E-state index contributed by atoms with van der Waals surface area (Å²) < 4.78 is 10.1. The van der Waals surface area contributed by atoms with Gasteiger partial charge in [-0.05, 0) is 0 Å². The first-order valence-corrected chi connectivity index (χ1v) is 3.45. The highest BCUT2D eigenvalue weighted by atomic mass is 16.6. The number of ether oxygens (including phenoxy) is 2. The maximum absolute atomic E-state index is 10.9. The van der Waals surface area contributed by atoms with Crippen molar-refractivity contribution in [3.63, 3.8) is 0 Å². The van der Waals surface area contributed by atoms with E-state index in [0.717, 1.165) is 12.9 Å². The average Bonchev–Trinajstić information content (AvgIpc) is 2.55. The van der Waals surface area contributed by atoms with Crippen molar-refractivity contribution in [1.29, 1.82) is 0 Å². The van der Waals surface area contributed by atoms with Gasteiger partial charge < -0.3 is 9.47 Å². The van der Waals surface area contributed by atoms with Crippen LogP contribution < -0.4 is 5.32 Å². The summed E-state index contributed by atoms with van der Waals surface area (Å²) in [6.07, 6.45) is 0.276. The van der Waals surface area contributed by atoms with E-state index in [9.17, 15) is 4.79 Å². The number of aliphatic imine (C=N–C) groups is 1. The van der Waals surface area contributed by atoms with Crippen LogP contribution in [0.5, 0.6) is 0 Å². The largest absolute Gasteiger partial charge is 0.466 e. The van der Waals surface area contributed by atoms with E-state index >= 15 is 0 Å². The standard InChI is InChI=1S/C6H8N2O3/c9-5-4(11-3-8-5)6-7-1-2-10-6/h3-4,6-7H,1-2H2. The minimum atomic E-state index is -0.572. The van der Waals surface area contributed by atoms with Gasteiger partial charge in [0.05, 0.1) is 6.61 Å². The number of hydrogen-bond acceptors (Lipinski definition) is 4. The molecule has 2 heterocycles. The van der Waals surface area contributed by atoms with Crippen molar-refractivity contribution in [2.75, 3.05) is 13.2 Å². The number of nitrogens with one attached hydrogen (secondary N) is 1. The molecular weight excluding hydrogens is 148 g/mol. The summed E-state index contributed by atoms with van der Waals surface area (Å²) in [4.78, 5) is 14.4. The number of carbonyl (C=O) groups is 1. The lowest BCUT2D eigenvalue weighted by Gasteiger charge is -2.13. The van der Waals surface area contributed by atoms with E-state index in [2.05, 4.69) is 10.3 Å². The van der Waals surface area contributed by atoms with Gasteiger partial charge >= 0.3 is 0 Å². The number of nitrogens with zero attached hydrogens (tertiary/aromatic N) is 1. The molecule has 2 unspecified atom stereocenters. The molecule has 0 bridgehead atoms. The van der Waals surface area contributed by atoms with Crippen LogP contribution in [0.1, 0.15) is 0 Å². The summed E-state index contributed by atoms with van der Waals surface area (Å²) in [7, 11) is 0. The van der Waals surface area contributed by atoms with Crippen molar-refractivity contribution in [1.82, 2.24) is 5.32 Å². The Morgan fingerprint density at radius 3 is 3.18 bits per heavy atom. The van der Waals surface area contributed by atoms with Crippen molar-refractivity contribution in [2.24, 2.45) is 4.99 Å². The van der Waals surface area contributed by atoms with E-state index < -0.39 is 6.10 Å². The molecule has 1 saturated heterocycles. The van der Waals surface area contributed by atoms with Gasteiger partial charge in [0, 0.05) is 6.54 Å². The molecule has 0 saturated carbocycles. The van der Waals surface area contributed by atoms with Crippen LogP contribution in [0.3, 0.4) is 0 Å². The zero-order valence-electron chi connectivity index (χ0n) is 5.82. The summed E-state index contributed by atoms with van der Waals surface area (Å²) in [5.74, 6) is -0.274. The zero-order valence-corrected chi connectivity index (χ0v) is 5.82. The molecule has 1 N–H and O–H groups in total. The van der Waals surface area contributed by atoms with Gasteiger partial charge in [0.1, 0.15) is 0 Å². The second-order valence-corrected chi connectivity index (χ2v) is 2.37. The molecule has 0 aromatic carbocycles. The number of amides is 1. The summed E-state index contributed by atoms with van der Waals surface area (Å²) in [6.45, 7) is 1.38. The van der Waals surface area contributed by atoms with Crippen molar-refractivity contribution in [3.05, 3.63) is 0 Å². The van der Waals surface area contributed by atoms with E-state index in [4.69, 9.17) is 9.47 Å². The third-order valence-corrected chi connectivity index (χ3v) is 1.65. The molecule has 5 nitrogen and oxygen atoms in total. The SMILES string of the molecule is O=C1N=COC1C1NCCO1. The number of rotatable bonds is 1. The smallest absolute Gasteiger partial charge is 0.293 e. The van der Waals surface area contributed by atoms with Gasteiger partial charge in [-0.2, -0.15) is 4.99 Å². The molecule has 1 amide bonds. The lowest BCUT2D eigenvalue weighted by atomic mass is 10.3. The van der Waals surface area contributed by atoms with E-state index in [0.29, 0.717) is 6.61 Å². The van der Waals surface area contributed by atoms with Crippen LogP contribution in [-0.2, 0) is 14.3 Å². The van der Waals surface area contributed by atoms with Gasteiger partial charge in [0.25, 0.3) is 5.91 Å². The number of carbonyl (C=O) groups excluding carboxylic acids is 1. The molecule has 1 fully saturated rings. The minimum absolute atomic E-state index is 0.274. The maximum atomic E-state index is 10.9. The highest BCUT2D eigenvalue weighted by Crippen LogP contribution is 2.10. The van der Waals surface area contributed by atoms with Gasteiger partial charge in [-0.3, -0.25) is 10.1 Å². The summed E-state index contributed by atoms with van der Waals surface area (Å²) in [5, 5.41) is 2.98. The van der Waals surface area contributed by atoms with E-state index in [-0.39, 0.29) is 12.1 Å². The van der Waals surface area contributed by atoms with E-state index in [1.165, 1.54) is 0 Å². The van der Waals surface area contributed by atoms with Crippen LogP contribution in [0.15, 0.2) is 4.99 Å². The van der Waals surface area contributed by atoms with E-state index in [1.54, 1.807) is 0 Å². The molecule has 2 aliphatic heterocycles. The number of hydrogen-bond donors (Lipinski definition) is 1. The molecule has 2 atom stereocenters. The first-order chi connectivity index (χ1) is 5.38. The molecule has 0 aliphatic carbocycles. The summed E-state index contributed by atoms with van der Waals surface area (Å²) in [5.41, 5.74) is 0. The summed E-state index contributed by atoms with van der Waals surface area (Å²) >= 11 is 0. The van der Waals surface area contributed by atoms with Gasteiger partial charge in [-0.25, -0.2) is 0 Å². The van der Waals surface area contributed by atoms with E-state index in [1.807, 2.05) is 0 Å². The Bertz CT molecular complexity index is 198. The van der Waals surface area contributed by atoms with Crippen molar-refractivity contribution in [2.45, 2.75) is 12.3 Å². The van der Waals surface area contributed by atoms with Crippen LogP contribution in [0, 0.1) is 0 Å². The van der Waals surface area contributed by atoms with Crippen molar-refractivity contribution >= 4 is 12.3 Å². The normalized spacial score (nSPS) is 36.2. The first-order valence-electron chi connectivity index (χ1n) is 3.45. The Hall–Kier alpha value is -0.940. The summed E-state index contributed by atoms with van der Waals surface area (Å²) in [6, 6.07) is 0. The van der Waals surface area contributed by atoms with Gasteiger partial charge in [-0.1, -0.05) is 0 Å². The topological polar surface area (TPSA) is 59.9 Å². The van der Waals surface area contributed by atoms with Crippen LogP contribution in [-0.4, -0.2) is 37.8 Å². The first kappa shape index (κ1) is 6.75. The van der Waals surface area contributed by atoms with Crippen molar-refractivity contribution < 1.29 is 14.3 Å². The monoisotopic (exact) mass is 156 g/mol. The molecular formula is C6H8N2O3. The third-order valence-electron chi connectivity index (χ3n) is 1.65. The Balaban J connectivity index is 1.99. The van der Waals surface area contributed by atoms with Gasteiger partial charge in [0.2, 0.25) is 6.10 Å². The quantitative estimate of drug-likeness (QED) is 0.522. The third kappa shape index (κ3) is 1.12. The fourth-order valence-corrected chi connectivity index (χ4v) is 1.12. The Kier molecular flexibility index (Phi) is 1.59. The van der Waals surface area contributed by atoms with Crippen molar-refractivity contribution in [3.8, 4) is 0 Å². The fourth-order valence-electron chi connectivity index (χ4n) is 1.12.